The molecule has 0 fully saturated rings. The number of rotatable bonds is 5. The van der Waals surface area contributed by atoms with Gasteiger partial charge in [-0.2, -0.15) is 0 Å². The second-order valence-corrected chi connectivity index (χ2v) is 4.35. The lowest BCUT2D eigenvalue weighted by molar-refractivity contribution is 0.0949. The molecule has 0 radical (unpaired) electrons. The smallest absolute Gasteiger partial charge is 0.410 e. The van der Waals surface area contributed by atoms with Gasteiger partial charge in [0, 0.05) is 12.6 Å². The molecule has 2 aromatic rings. The average Bonchev–Trinajstić information content (AvgIpc) is 2.49. The minimum Gasteiger partial charge on any atom is -0.465 e. The molecule has 2 rings (SSSR count). The molecule has 3 N–H and O–H groups in total. The molecule has 114 valence electrons. The fourth-order valence-electron chi connectivity index (χ4n) is 1.72. The van der Waals surface area contributed by atoms with Crippen molar-refractivity contribution >= 4 is 17.8 Å². The fraction of sp³-hybridized carbons (Fsp3) is 0.143. The standard InChI is InChI=1S/C14H13FN4O3/c15-10-3-1-9(2-4-10)5-6-16-13(20)11-7-12(18-8-17-11)19-14(21)22/h1-4,7-8H,5-6H2,(H,16,20)(H,21,22)(H,17,18,19). The normalized spacial score (nSPS) is 10.0. The number of halogens is 1. The maximum absolute atomic E-state index is 12.8. The highest BCUT2D eigenvalue weighted by atomic mass is 19.1. The van der Waals surface area contributed by atoms with Gasteiger partial charge in [-0.25, -0.2) is 19.2 Å². The average molecular weight is 304 g/mol. The van der Waals surface area contributed by atoms with Gasteiger partial charge in [-0.3, -0.25) is 10.1 Å². The molecule has 1 aromatic heterocycles. The molecular formula is C14H13FN4O3. The van der Waals surface area contributed by atoms with Crippen LogP contribution in [0.15, 0.2) is 36.7 Å². The van der Waals surface area contributed by atoms with Crippen LogP contribution >= 0.6 is 0 Å². The van der Waals surface area contributed by atoms with Crippen LogP contribution in [0.25, 0.3) is 0 Å². The van der Waals surface area contributed by atoms with Crippen molar-refractivity contribution in [1.29, 1.82) is 0 Å². The number of nitrogens with zero attached hydrogens (tertiary/aromatic N) is 2. The Morgan fingerprint density at radius 2 is 1.91 bits per heavy atom. The van der Waals surface area contributed by atoms with E-state index < -0.39 is 12.0 Å². The SMILES string of the molecule is O=C(O)Nc1cc(C(=O)NCCc2ccc(F)cc2)ncn1. The second kappa shape index (κ2) is 7.11. The number of amides is 2. The largest absolute Gasteiger partial charge is 0.465 e. The molecule has 0 spiro atoms. The number of hydrogen-bond acceptors (Lipinski definition) is 4. The zero-order chi connectivity index (χ0) is 15.9. The molecule has 0 bridgehead atoms. The minimum atomic E-state index is -1.28. The predicted octanol–water partition coefficient (Wildman–Crippen LogP) is 1.68. The van der Waals surface area contributed by atoms with E-state index in [9.17, 15) is 14.0 Å². The topological polar surface area (TPSA) is 104 Å². The summed E-state index contributed by atoms with van der Waals surface area (Å²) in [5.41, 5.74) is 0.940. The summed E-state index contributed by atoms with van der Waals surface area (Å²) in [6.45, 7) is 0.343. The lowest BCUT2D eigenvalue weighted by atomic mass is 10.1. The molecule has 0 saturated heterocycles. The molecule has 8 heteroatoms. The van der Waals surface area contributed by atoms with Crippen LogP contribution < -0.4 is 10.6 Å². The first kappa shape index (κ1) is 15.4. The highest BCUT2D eigenvalue weighted by Gasteiger charge is 2.09. The minimum absolute atomic E-state index is 0.0196. The van der Waals surface area contributed by atoms with Crippen molar-refractivity contribution in [2.24, 2.45) is 0 Å². The summed E-state index contributed by atoms with van der Waals surface area (Å²) < 4.78 is 12.8. The van der Waals surface area contributed by atoms with Crippen LogP contribution in [0.5, 0.6) is 0 Å². The Morgan fingerprint density at radius 1 is 1.18 bits per heavy atom. The third kappa shape index (κ3) is 4.51. The van der Waals surface area contributed by atoms with E-state index in [2.05, 4.69) is 15.3 Å². The molecule has 7 nitrogen and oxygen atoms in total. The van der Waals surface area contributed by atoms with E-state index >= 15 is 0 Å². The first-order valence-corrected chi connectivity index (χ1v) is 6.39. The molecule has 1 aromatic carbocycles. The van der Waals surface area contributed by atoms with Crippen molar-refractivity contribution in [3.63, 3.8) is 0 Å². The number of hydrogen-bond donors (Lipinski definition) is 3. The quantitative estimate of drug-likeness (QED) is 0.779. The van der Waals surface area contributed by atoms with Crippen molar-refractivity contribution in [2.45, 2.75) is 6.42 Å². The molecule has 1 heterocycles. The fourth-order valence-corrected chi connectivity index (χ4v) is 1.72. The van der Waals surface area contributed by atoms with Gasteiger partial charge in [-0.15, -0.1) is 0 Å². The first-order chi connectivity index (χ1) is 10.5. The van der Waals surface area contributed by atoms with Crippen LogP contribution in [-0.4, -0.2) is 33.6 Å². The van der Waals surface area contributed by atoms with Crippen LogP contribution in [-0.2, 0) is 6.42 Å². The van der Waals surface area contributed by atoms with Gasteiger partial charge in [0.25, 0.3) is 5.91 Å². The van der Waals surface area contributed by atoms with E-state index in [1.807, 2.05) is 5.32 Å². The zero-order valence-electron chi connectivity index (χ0n) is 11.4. The second-order valence-electron chi connectivity index (χ2n) is 4.35. The van der Waals surface area contributed by atoms with Crippen molar-refractivity contribution in [3.05, 3.63) is 53.7 Å². The Kier molecular flexibility index (Phi) is 4.97. The summed E-state index contributed by atoms with van der Waals surface area (Å²) in [4.78, 5) is 29.9. The molecule has 0 unspecified atom stereocenters. The monoisotopic (exact) mass is 304 g/mol. The molecule has 0 aliphatic carbocycles. The maximum Gasteiger partial charge on any atom is 0.410 e. The van der Waals surface area contributed by atoms with Crippen LogP contribution in [0.3, 0.4) is 0 Å². The summed E-state index contributed by atoms with van der Waals surface area (Å²) >= 11 is 0. The van der Waals surface area contributed by atoms with E-state index in [0.29, 0.717) is 13.0 Å². The lowest BCUT2D eigenvalue weighted by Crippen LogP contribution is -2.26. The maximum atomic E-state index is 12.8. The van der Waals surface area contributed by atoms with Crippen LogP contribution in [0.1, 0.15) is 16.1 Å². The number of nitrogens with one attached hydrogen (secondary N) is 2. The van der Waals surface area contributed by atoms with Crippen molar-refractivity contribution < 1.29 is 19.1 Å². The summed E-state index contributed by atoms with van der Waals surface area (Å²) in [7, 11) is 0. The van der Waals surface area contributed by atoms with Gasteiger partial charge in [0.05, 0.1) is 0 Å². The Hall–Kier alpha value is -3.03. The van der Waals surface area contributed by atoms with Crippen LogP contribution in [0.2, 0.25) is 0 Å². The number of carboxylic acid groups (broad SMARTS) is 1. The molecule has 0 aliphatic rings. The predicted molar refractivity (Wildman–Crippen MR) is 76.1 cm³/mol. The summed E-state index contributed by atoms with van der Waals surface area (Å²) in [5, 5.41) is 13.3. The molecule has 0 aliphatic heterocycles. The Balaban J connectivity index is 1.89. The van der Waals surface area contributed by atoms with Gasteiger partial charge >= 0.3 is 6.09 Å². The molecule has 0 saturated carbocycles. The third-order valence-electron chi connectivity index (χ3n) is 2.75. The summed E-state index contributed by atoms with van der Waals surface area (Å²) in [6, 6.07) is 7.22. The highest BCUT2D eigenvalue weighted by Crippen LogP contribution is 2.05. The zero-order valence-corrected chi connectivity index (χ0v) is 11.4. The van der Waals surface area contributed by atoms with Gasteiger partial charge < -0.3 is 10.4 Å². The number of carbonyl (C=O) groups is 2. The third-order valence-corrected chi connectivity index (χ3v) is 2.75. The summed E-state index contributed by atoms with van der Waals surface area (Å²) in [5.74, 6) is -0.739. The summed E-state index contributed by atoms with van der Waals surface area (Å²) in [6.07, 6.45) is 0.360. The number of benzene rings is 1. The number of carbonyl (C=O) groups excluding carboxylic acids is 1. The van der Waals surface area contributed by atoms with E-state index in [-0.39, 0.29) is 17.3 Å². The van der Waals surface area contributed by atoms with Gasteiger partial charge in [0.1, 0.15) is 23.7 Å². The Bertz CT molecular complexity index is 676. The van der Waals surface area contributed by atoms with Crippen molar-refractivity contribution in [2.75, 3.05) is 11.9 Å². The van der Waals surface area contributed by atoms with Crippen molar-refractivity contribution in [1.82, 2.24) is 15.3 Å². The van der Waals surface area contributed by atoms with Crippen LogP contribution in [0, 0.1) is 5.82 Å². The van der Waals surface area contributed by atoms with Gasteiger partial charge in [0.2, 0.25) is 0 Å². The van der Waals surface area contributed by atoms with Gasteiger partial charge in [-0.1, -0.05) is 12.1 Å². The van der Waals surface area contributed by atoms with E-state index in [1.165, 1.54) is 18.2 Å². The van der Waals surface area contributed by atoms with E-state index in [1.54, 1.807) is 12.1 Å². The van der Waals surface area contributed by atoms with Crippen LogP contribution in [0.4, 0.5) is 15.0 Å². The van der Waals surface area contributed by atoms with Gasteiger partial charge in [0.15, 0.2) is 0 Å². The number of anilines is 1. The highest BCUT2D eigenvalue weighted by molar-refractivity contribution is 5.93. The number of aromatic nitrogens is 2. The van der Waals surface area contributed by atoms with Gasteiger partial charge in [-0.05, 0) is 24.1 Å². The molecule has 22 heavy (non-hydrogen) atoms. The lowest BCUT2D eigenvalue weighted by Gasteiger charge is -2.06. The van der Waals surface area contributed by atoms with Crippen molar-refractivity contribution in [3.8, 4) is 0 Å². The molecular weight excluding hydrogens is 291 g/mol. The first-order valence-electron chi connectivity index (χ1n) is 6.39. The Morgan fingerprint density at radius 3 is 2.59 bits per heavy atom. The Labute approximate surface area is 125 Å². The molecule has 0 atom stereocenters. The van der Waals surface area contributed by atoms with E-state index in [0.717, 1.165) is 11.9 Å². The molecule has 2 amide bonds. The van der Waals surface area contributed by atoms with E-state index in [4.69, 9.17) is 5.11 Å².